The first-order valence-corrected chi connectivity index (χ1v) is 28.9. The summed E-state index contributed by atoms with van der Waals surface area (Å²) in [5.74, 6) is 0. The van der Waals surface area contributed by atoms with Crippen LogP contribution >= 0.6 is 22.7 Å². The molecule has 0 aliphatic rings. The van der Waals surface area contributed by atoms with Gasteiger partial charge < -0.3 is 9.80 Å². The number of nitrogens with zero attached hydrogens (tertiary/aromatic N) is 2. The lowest BCUT2D eigenvalue weighted by Crippen LogP contribution is -2.11. The zero-order valence-electron chi connectivity index (χ0n) is 43.4. The fourth-order valence-corrected chi connectivity index (χ4v) is 15.0. The molecule has 0 spiro atoms. The lowest BCUT2D eigenvalue weighted by Gasteiger charge is -2.29. The van der Waals surface area contributed by atoms with Crippen LogP contribution in [0.4, 0.5) is 34.1 Å². The lowest BCUT2D eigenvalue weighted by molar-refractivity contribution is 1.31. The molecule has 2 aromatic heterocycles. The Morgan fingerprint density at radius 2 is 0.537 bits per heavy atom. The number of rotatable bonds is 10. The van der Waals surface area contributed by atoms with Gasteiger partial charge in [0.1, 0.15) is 0 Å². The minimum atomic E-state index is 1.11. The SMILES string of the molecule is c1ccc(-c2sc3cc(N(c4ccc5ccccc5c4)c4ccc5ccc6c(N(c7ccc8ccccc8c7)c7ccc8c(-c9ccccc9)c(-c9ccccc9)sc8c7)ccc7ccc4c5c76)ccc3c2-c2ccccc2)cc1. The summed E-state index contributed by atoms with van der Waals surface area (Å²) >= 11 is 3.75. The molecule has 0 aliphatic carbocycles. The van der Waals surface area contributed by atoms with E-state index in [2.05, 4.69) is 301 Å². The van der Waals surface area contributed by atoms with Gasteiger partial charge in [0.15, 0.2) is 0 Å². The number of thiophene rings is 2. The highest BCUT2D eigenvalue weighted by molar-refractivity contribution is 7.23. The van der Waals surface area contributed by atoms with Gasteiger partial charge in [-0.3, -0.25) is 0 Å². The maximum atomic E-state index is 2.49. The zero-order valence-corrected chi connectivity index (χ0v) is 45.1. The lowest BCUT2D eigenvalue weighted by atomic mass is 9.91. The van der Waals surface area contributed by atoms with E-state index in [1.807, 2.05) is 22.7 Å². The maximum absolute atomic E-state index is 2.49. The van der Waals surface area contributed by atoms with Gasteiger partial charge in [-0.05, 0) is 126 Å². The summed E-state index contributed by atoms with van der Waals surface area (Å²) in [6, 6.07) is 108. The summed E-state index contributed by atoms with van der Waals surface area (Å²) in [6.45, 7) is 0. The highest BCUT2D eigenvalue weighted by Gasteiger charge is 2.25. The van der Waals surface area contributed by atoms with Crippen molar-refractivity contribution in [2.75, 3.05) is 9.80 Å². The van der Waals surface area contributed by atoms with Gasteiger partial charge in [-0.15, -0.1) is 22.7 Å². The summed E-state index contributed by atoms with van der Waals surface area (Å²) < 4.78 is 2.49. The molecule has 2 nitrogen and oxygen atoms in total. The Morgan fingerprint density at radius 3 is 0.950 bits per heavy atom. The van der Waals surface area contributed by atoms with Crippen LogP contribution in [0.3, 0.4) is 0 Å². The molecule has 374 valence electrons. The molecule has 0 aliphatic heterocycles. The fourth-order valence-electron chi connectivity index (χ4n) is 12.5. The third-order valence-electron chi connectivity index (χ3n) is 16.1. The van der Waals surface area contributed by atoms with Crippen LogP contribution in [0.2, 0.25) is 0 Å². The number of hydrogen-bond donors (Lipinski definition) is 0. The molecule has 0 saturated heterocycles. The van der Waals surface area contributed by atoms with E-state index >= 15 is 0 Å². The number of fused-ring (bicyclic) bond motifs is 4. The molecule has 0 fully saturated rings. The minimum absolute atomic E-state index is 1.11. The molecule has 16 rings (SSSR count). The largest absolute Gasteiger partial charge is 0.310 e. The summed E-state index contributed by atoms with van der Waals surface area (Å²) in [5.41, 5.74) is 14.2. The Bertz CT molecular complexity index is 4690. The number of benzene rings is 14. The molecule has 2 heterocycles. The smallest absolute Gasteiger partial charge is 0.0540 e. The maximum Gasteiger partial charge on any atom is 0.0540 e. The zero-order chi connectivity index (χ0) is 52.7. The number of hydrogen-bond acceptors (Lipinski definition) is 4. The topological polar surface area (TPSA) is 6.48 Å². The normalized spacial score (nSPS) is 11.8. The van der Waals surface area contributed by atoms with Crippen LogP contribution in [-0.4, -0.2) is 0 Å². The van der Waals surface area contributed by atoms with Crippen LogP contribution in [0.15, 0.2) is 291 Å². The van der Waals surface area contributed by atoms with E-state index in [0.717, 1.165) is 34.1 Å². The van der Waals surface area contributed by atoms with Crippen molar-refractivity contribution in [2.45, 2.75) is 0 Å². The summed E-state index contributed by atoms with van der Waals surface area (Å²) in [6.07, 6.45) is 0. The molecule has 0 unspecified atom stereocenters. The third-order valence-corrected chi connectivity index (χ3v) is 18.5. The van der Waals surface area contributed by atoms with Crippen molar-refractivity contribution < 1.29 is 0 Å². The quantitative estimate of drug-likeness (QED) is 0.126. The van der Waals surface area contributed by atoms with Gasteiger partial charge in [0.2, 0.25) is 0 Å². The second-order valence-corrected chi connectivity index (χ2v) is 22.9. The minimum Gasteiger partial charge on any atom is -0.310 e. The average Bonchev–Trinajstić information content (AvgIpc) is 4.18. The Labute approximate surface area is 471 Å². The van der Waals surface area contributed by atoms with Crippen molar-refractivity contribution >= 4 is 131 Å². The summed E-state index contributed by atoms with van der Waals surface area (Å²) in [7, 11) is 0. The second kappa shape index (κ2) is 19.0. The van der Waals surface area contributed by atoms with Gasteiger partial charge >= 0.3 is 0 Å². The van der Waals surface area contributed by atoms with Crippen LogP contribution in [0.5, 0.6) is 0 Å². The Hall–Kier alpha value is -9.84. The molecule has 0 atom stereocenters. The van der Waals surface area contributed by atoms with E-state index in [0.29, 0.717) is 0 Å². The highest BCUT2D eigenvalue weighted by Crippen LogP contribution is 2.52. The molecule has 4 heteroatoms. The first-order valence-electron chi connectivity index (χ1n) is 27.3. The van der Waals surface area contributed by atoms with Crippen molar-refractivity contribution in [3.63, 3.8) is 0 Å². The van der Waals surface area contributed by atoms with Crippen LogP contribution in [0.25, 0.3) is 117 Å². The molecule has 14 aromatic carbocycles. The van der Waals surface area contributed by atoms with Crippen LogP contribution in [0.1, 0.15) is 0 Å². The molecule has 0 N–H and O–H groups in total. The van der Waals surface area contributed by atoms with E-state index in [9.17, 15) is 0 Å². The Kier molecular flexibility index (Phi) is 11.0. The van der Waals surface area contributed by atoms with Crippen molar-refractivity contribution in [2.24, 2.45) is 0 Å². The predicted molar refractivity (Wildman–Crippen MR) is 347 cm³/mol. The fraction of sp³-hybridized carbons (Fsp3) is 0. The van der Waals surface area contributed by atoms with Gasteiger partial charge in [-0.25, -0.2) is 0 Å². The summed E-state index contributed by atoms with van der Waals surface area (Å²) in [5, 5.41) is 14.7. The van der Waals surface area contributed by atoms with Crippen molar-refractivity contribution in [3.8, 4) is 43.1 Å². The molecule has 0 amide bonds. The van der Waals surface area contributed by atoms with Crippen molar-refractivity contribution in [3.05, 3.63) is 291 Å². The monoisotopic (exact) mass is 1050 g/mol. The third kappa shape index (κ3) is 7.67. The second-order valence-electron chi connectivity index (χ2n) is 20.8. The van der Waals surface area contributed by atoms with E-state index < -0.39 is 0 Å². The average molecular weight is 1050 g/mol. The van der Waals surface area contributed by atoms with E-state index in [4.69, 9.17) is 0 Å². The standard InChI is InChI=1S/C76H48N2S2/c1-5-19-51(20-6-1)73-65-41-37-61(47-69(65)79-75(73)55-23-9-3-10-24-55)77(59-35-29-49-17-13-15-27-57(49)45-59)67-43-33-53-32-40-64-68(44-34-54-31-39-63(67)71(53)72(54)64)78(60-36-30-50-18-14-16-28-58(50)46-60)62-38-42-66-70(48-62)80-76(56-25-11-4-12-26-56)74(66)52-21-7-2-8-22-52/h1-48H. The van der Waals surface area contributed by atoms with Crippen molar-refractivity contribution in [1.82, 2.24) is 0 Å². The molecular weight excluding hydrogens is 1000 g/mol. The van der Waals surface area contributed by atoms with Gasteiger partial charge in [-0.1, -0.05) is 231 Å². The van der Waals surface area contributed by atoms with Crippen LogP contribution in [-0.2, 0) is 0 Å². The van der Waals surface area contributed by atoms with Gasteiger partial charge in [0.25, 0.3) is 0 Å². The molecule has 0 radical (unpaired) electrons. The highest BCUT2D eigenvalue weighted by atomic mass is 32.1. The van der Waals surface area contributed by atoms with Gasteiger partial charge in [-0.2, -0.15) is 0 Å². The van der Waals surface area contributed by atoms with Crippen LogP contribution in [0, 0.1) is 0 Å². The molecule has 0 bridgehead atoms. The predicted octanol–water partition coefficient (Wildman–Crippen LogP) is 22.9. The van der Waals surface area contributed by atoms with Crippen LogP contribution < -0.4 is 9.80 Å². The van der Waals surface area contributed by atoms with E-state index in [1.165, 1.54) is 117 Å². The Morgan fingerprint density at radius 1 is 0.225 bits per heavy atom. The number of anilines is 6. The first-order chi connectivity index (χ1) is 39.7. The molecule has 80 heavy (non-hydrogen) atoms. The molecule has 16 aromatic rings. The molecule has 0 saturated carbocycles. The Balaban J connectivity index is 0.912. The van der Waals surface area contributed by atoms with Crippen molar-refractivity contribution in [1.29, 1.82) is 0 Å². The van der Waals surface area contributed by atoms with Gasteiger partial charge in [0, 0.05) is 74.6 Å². The van der Waals surface area contributed by atoms with Gasteiger partial charge in [0.05, 0.1) is 11.4 Å². The van der Waals surface area contributed by atoms with E-state index in [-0.39, 0.29) is 0 Å². The summed E-state index contributed by atoms with van der Waals surface area (Å²) in [4.78, 5) is 7.55. The van der Waals surface area contributed by atoms with E-state index in [1.54, 1.807) is 0 Å². The molecular formula is C76H48N2S2. The first kappa shape index (κ1) is 46.3.